The molecule has 0 amide bonds. The molecule has 2 aromatic rings. The lowest BCUT2D eigenvalue weighted by molar-refractivity contribution is 0.0954. The molecule has 0 unspecified atom stereocenters. The van der Waals surface area contributed by atoms with Crippen LogP contribution in [0.4, 0.5) is 0 Å². The lowest BCUT2D eigenvalue weighted by atomic mass is 9.96. The number of aryl methyl sites for hydroxylation is 1. The number of carbonyl (C=O) groups is 1. The smallest absolute Gasteiger partial charge is 0.263 e. The Labute approximate surface area is 142 Å². The van der Waals surface area contributed by atoms with Crippen LogP contribution in [0.5, 0.6) is 0 Å². The number of hydrogen-bond acceptors (Lipinski definition) is 3. The first kappa shape index (κ1) is 16.2. The van der Waals surface area contributed by atoms with E-state index in [2.05, 4.69) is 6.07 Å². The van der Waals surface area contributed by atoms with Crippen LogP contribution in [-0.2, 0) is 0 Å². The minimum absolute atomic E-state index is 0.151. The molecule has 4 nitrogen and oxygen atoms in total. The zero-order valence-corrected chi connectivity index (χ0v) is 13.9. The molecule has 4 heteroatoms. The average Bonchev–Trinajstić information content (AvgIpc) is 2.62. The van der Waals surface area contributed by atoms with Gasteiger partial charge < -0.3 is 0 Å². The topological polar surface area (TPSA) is 58.1 Å². The predicted octanol–water partition coefficient (Wildman–Crippen LogP) is 3.59. The van der Waals surface area contributed by atoms with E-state index in [0.29, 0.717) is 22.7 Å². The molecule has 1 heterocycles. The molecule has 1 aromatic heterocycles. The van der Waals surface area contributed by atoms with Gasteiger partial charge in [-0.15, -0.1) is 0 Å². The second kappa shape index (κ2) is 7.27. The number of rotatable bonds is 2. The Bertz CT molecular complexity index is 852. The van der Waals surface area contributed by atoms with Gasteiger partial charge in [-0.1, -0.05) is 25.3 Å². The molecule has 122 valence electrons. The van der Waals surface area contributed by atoms with Crippen LogP contribution in [0.3, 0.4) is 0 Å². The second-order valence-electron chi connectivity index (χ2n) is 6.35. The summed E-state index contributed by atoms with van der Waals surface area (Å²) < 4.78 is 1.60. The zero-order valence-electron chi connectivity index (χ0n) is 13.9. The highest BCUT2D eigenvalue weighted by Gasteiger charge is 2.14. The molecule has 3 rings (SSSR count). The average molecular weight is 319 g/mol. The maximum absolute atomic E-state index is 12.9. The predicted molar refractivity (Wildman–Crippen MR) is 92.5 cm³/mol. The van der Waals surface area contributed by atoms with Gasteiger partial charge in [0.2, 0.25) is 0 Å². The fourth-order valence-corrected chi connectivity index (χ4v) is 3.12. The largest absolute Gasteiger partial charge is 0.268 e. The van der Waals surface area contributed by atoms with Crippen LogP contribution < -0.4 is 5.49 Å². The summed E-state index contributed by atoms with van der Waals surface area (Å²) in [4.78, 5) is 17.7. The van der Waals surface area contributed by atoms with Gasteiger partial charge in [-0.2, -0.15) is 5.26 Å². The SMILES string of the molecule is Cc1ccn(C(=O)c2cccc(C#N)c2)c(=NC2CCCCC2)c1. The minimum atomic E-state index is -0.151. The van der Waals surface area contributed by atoms with Crippen LogP contribution in [-0.4, -0.2) is 16.5 Å². The van der Waals surface area contributed by atoms with Crippen molar-refractivity contribution in [3.8, 4) is 6.07 Å². The lowest BCUT2D eigenvalue weighted by Gasteiger charge is -2.18. The monoisotopic (exact) mass is 319 g/mol. The van der Waals surface area contributed by atoms with Gasteiger partial charge in [0.05, 0.1) is 17.7 Å². The Morgan fingerprint density at radius 2 is 2.00 bits per heavy atom. The van der Waals surface area contributed by atoms with Gasteiger partial charge in [0, 0.05) is 11.8 Å². The summed E-state index contributed by atoms with van der Waals surface area (Å²) >= 11 is 0. The molecule has 0 bridgehead atoms. The first-order valence-corrected chi connectivity index (χ1v) is 8.45. The van der Waals surface area contributed by atoms with Gasteiger partial charge in [-0.3, -0.25) is 14.4 Å². The Morgan fingerprint density at radius 1 is 1.21 bits per heavy atom. The molecule has 0 spiro atoms. The van der Waals surface area contributed by atoms with E-state index < -0.39 is 0 Å². The minimum Gasteiger partial charge on any atom is -0.268 e. The number of carbonyl (C=O) groups excluding carboxylic acids is 1. The van der Waals surface area contributed by atoms with Crippen LogP contribution in [0.15, 0.2) is 47.6 Å². The molecule has 1 aliphatic carbocycles. The summed E-state index contributed by atoms with van der Waals surface area (Å²) in [6, 6.07) is 13.0. The van der Waals surface area contributed by atoms with Gasteiger partial charge in [-0.25, -0.2) is 0 Å². The molecule has 1 fully saturated rings. The van der Waals surface area contributed by atoms with Crippen molar-refractivity contribution < 1.29 is 4.79 Å². The fourth-order valence-electron chi connectivity index (χ4n) is 3.12. The second-order valence-corrected chi connectivity index (χ2v) is 6.35. The first-order chi connectivity index (χ1) is 11.7. The third-order valence-corrected chi connectivity index (χ3v) is 4.44. The first-order valence-electron chi connectivity index (χ1n) is 8.45. The van der Waals surface area contributed by atoms with Crippen molar-refractivity contribution in [3.63, 3.8) is 0 Å². The highest BCUT2D eigenvalue weighted by Crippen LogP contribution is 2.19. The summed E-state index contributed by atoms with van der Waals surface area (Å²) in [5.74, 6) is -0.151. The molecular weight excluding hydrogens is 298 g/mol. The van der Waals surface area contributed by atoms with E-state index >= 15 is 0 Å². The molecule has 1 aromatic carbocycles. The number of benzene rings is 1. The molecule has 1 saturated carbocycles. The summed E-state index contributed by atoms with van der Waals surface area (Å²) in [7, 11) is 0. The van der Waals surface area contributed by atoms with Gasteiger partial charge in [0.15, 0.2) is 0 Å². The highest BCUT2D eigenvalue weighted by atomic mass is 16.2. The van der Waals surface area contributed by atoms with Crippen molar-refractivity contribution >= 4 is 5.91 Å². The Morgan fingerprint density at radius 3 is 2.75 bits per heavy atom. The van der Waals surface area contributed by atoms with E-state index in [1.54, 1.807) is 35.0 Å². The summed E-state index contributed by atoms with van der Waals surface area (Å²) in [6.45, 7) is 2.00. The van der Waals surface area contributed by atoms with Crippen molar-refractivity contribution in [2.24, 2.45) is 4.99 Å². The molecule has 24 heavy (non-hydrogen) atoms. The number of nitriles is 1. The standard InChI is InChI=1S/C20H21N3O/c1-15-10-11-23(19(12-15)22-18-8-3-2-4-9-18)20(24)17-7-5-6-16(13-17)14-21/h5-7,10-13,18H,2-4,8-9H2,1H3. The number of pyridine rings is 1. The maximum atomic E-state index is 12.9. The van der Waals surface area contributed by atoms with E-state index in [1.165, 1.54) is 19.3 Å². The number of hydrogen-bond donors (Lipinski definition) is 0. The van der Waals surface area contributed by atoms with Gasteiger partial charge >= 0.3 is 0 Å². The maximum Gasteiger partial charge on any atom is 0.263 e. The molecule has 0 radical (unpaired) electrons. The van der Waals surface area contributed by atoms with E-state index in [0.717, 1.165) is 18.4 Å². The Kier molecular flexibility index (Phi) is 4.90. The number of aromatic nitrogens is 1. The fraction of sp³-hybridized carbons (Fsp3) is 0.350. The van der Waals surface area contributed by atoms with Crippen LogP contribution in [0.25, 0.3) is 0 Å². The van der Waals surface area contributed by atoms with E-state index in [-0.39, 0.29) is 5.91 Å². The van der Waals surface area contributed by atoms with Crippen molar-refractivity contribution in [1.29, 1.82) is 5.26 Å². The molecular formula is C20H21N3O. The molecule has 0 N–H and O–H groups in total. The third kappa shape index (κ3) is 3.62. The summed E-state index contributed by atoms with van der Waals surface area (Å²) in [5, 5.41) is 9.04. The van der Waals surface area contributed by atoms with Gasteiger partial charge in [0.25, 0.3) is 5.91 Å². The summed E-state index contributed by atoms with van der Waals surface area (Å²) in [5.41, 5.74) is 2.77. The quantitative estimate of drug-likeness (QED) is 0.849. The number of nitrogens with zero attached hydrogens (tertiary/aromatic N) is 3. The van der Waals surface area contributed by atoms with Crippen LogP contribution >= 0.6 is 0 Å². The lowest BCUT2D eigenvalue weighted by Crippen LogP contribution is -2.29. The summed E-state index contributed by atoms with van der Waals surface area (Å²) in [6.07, 6.45) is 7.65. The molecule has 0 atom stereocenters. The van der Waals surface area contributed by atoms with Crippen LogP contribution in [0, 0.1) is 18.3 Å². The van der Waals surface area contributed by atoms with Crippen molar-refractivity contribution in [2.45, 2.75) is 45.1 Å². The van der Waals surface area contributed by atoms with Crippen molar-refractivity contribution in [1.82, 2.24) is 4.57 Å². The molecule has 1 aliphatic rings. The highest BCUT2D eigenvalue weighted by molar-refractivity contribution is 5.96. The van der Waals surface area contributed by atoms with Crippen LogP contribution in [0.1, 0.15) is 53.6 Å². The molecule has 0 saturated heterocycles. The van der Waals surface area contributed by atoms with E-state index in [1.807, 2.05) is 19.1 Å². The third-order valence-electron chi connectivity index (χ3n) is 4.44. The normalized spacial score (nSPS) is 15.9. The van der Waals surface area contributed by atoms with Crippen LogP contribution in [0.2, 0.25) is 0 Å². The van der Waals surface area contributed by atoms with E-state index in [4.69, 9.17) is 10.3 Å². The van der Waals surface area contributed by atoms with E-state index in [9.17, 15) is 4.79 Å². The Balaban J connectivity index is 2.02. The van der Waals surface area contributed by atoms with Gasteiger partial charge in [0.1, 0.15) is 5.49 Å². The van der Waals surface area contributed by atoms with Crippen molar-refractivity contribution in [3.05, 3.63) is 64.8 Å². The Hall–Kier alpha value is -2.67. The van der Waals surface area contributed by atoms with Crippen molar-refractivity contribution in [2.75, 3.05) is 0 Å². The van der Waals surface area contributed by atoms with Gasteiger partial charge in [-0.05, 0) is 55.7 Å². The zero-order chi connectivity index (χ0) is 16.9. The molecule has 0 aliphatic heterocycles.